The van der Waals surface area contributed by atoms with Crippen molar-refractivity contribution in [3.8, 4) is 0 Å². The Bertz CT molecular complexity index is 461. The van der Waals surface area contributed by atoms with Gasteiger partial charge < -0.3 is 0 Å². The van der Waals surface area contributed by atoms with Crippen molar-refractivity contribution in [1.82, 2.24) is 0 Å². The minimum atomic E-state index is 0.283. The molecular weight excluding hydrogens is 228 g/mol. The summed E-state index contributed by atoms with van der Waals surface area (Å²) in [4.78, 5) is 0. The maximum Gasteiger partial charge on any atom is -0.0129 e. The van der Waals surface area contributed by atoms with Crippen LogP contribution in [0.2, 0.25) is 0 Å². The van der Waals surface area contributed by atoms with Crippen LogP contribution in [0.15, 0.2) is 12.1 Å². The highest BCUT2D eigenvalue weighted by Crippen LogP contribution is 2.57. The first-order valence-electron chi connectivity index (χ1n) is 7.87. The molecule has 2 aliphatic carbocycles. The molecule has 19 heavy (non-hydrogen) atoms. The van der Waals surface area contributed by atoms with E-state index in [1.165, 1.54) is 19.3 Å². The molecule has 2 aliphatic rings. The molecule has 2 bridgehead atoms. The predicted molar refractivity (Wildman–Crippen MR) is 83.2 cm³/mol. The lowest BCUT2D eigenvalue weighted by molar-refractivity contribution is 0.550. The SMILES string of the molecule is CC(C)(C)c1ccc(C(C)(C)C)c2c1C1CCC2C1. The van der Waals surface area contributed by atoms with E-state index in [4.69, 9.17) is 0 Å². The van der Waals surface area contributed by atoms with Gasteiger partial charge in [-0.25, -0.2) is 0 Å². The van der Waals surface area contributed by atoms with Crippen molar-refractivity contribution in [2.75, 3.05) is 0 Å². The second kappa shape index (κ2) is 3.87. The van der Waals surface area contributed by atoms with E-state index in [9.17, 15) is 0 Å². The van der Waals surface area contributed by atoms with Crippen LogP contribution < -0.4 is 0 Å². The third kappa shape index (κ3) is 1.95. The summed E-state index contributed by atoms with van der Waals surface area (Å²) in [6.07, 6.45) is 4.27. The smallest absolute Gasteiger partial charge is 0.0129 e. The topological polar surface area (TPSA) is 0 Å². The van der Waals surface area contributed by atoms with Crippen molar-refractivity contribution in [3.63, 3.8) is 0 Å². The predicted octanol–water partition coefficient (Wildman–Crippen LogP) is 5.65. The summed E-state index contributed by atoms with van der Waals surface area (Å²) in [5, 5.41) is 0. The fourth-order valence-electron chi connectivity index (χ4n) is 4.33. The molecule has 104 valence electrons. The van der Waals surface area contributed by atoms with Crippen LogP contribution >= 0.6 is 0 Å². The summed E-state index contributed by atoms with van der Waals surface area (Å²) >= 11 is 0. The average Bonchev–Trinajstić information content (AvgIpc) is 2.85. The summed E-state index contributed by atoms with van der Waals surface area (Å²) in [5.41, 5.74) is 7.29. The molecular formula is C19H28. The maximum absolute atomic E-state index is 2.43. The molecule has 1 aromatic rings. The Morgan fingerprint density at radius 1 is 0.737 bits per heavy atom. The lowest BCUT2D eigenvalue weighted by Crippen LogP contribution is -2.21. The van der Waals surface area contributed by atoms with Gasteiger partial charge in [-0.3, -0.25) is 0 Å². The first-order chi connectivity index (χ1) is 8.69. The van der Waals surface area contributed by atoms with Crippen molar-refractivity contribution in [3.05, 3.63) is 34.4 Å². The third-order valence-electron chi connectivity index (χ3n) is 5.15. The molecule has 1 aromatic carbocycles. The lowest BCUT2D eigenvalue weighted by atomic mass is 9.72. The molecule has 2 unspecified atom stereocenters. The molecule has 3 rings (SSSR count). The molecule has 1 fully saturated rings. The summed E-state index contributed by atoms with van der Waals surface area (Å²) in [5.74, 6) is 1.72. The summed E-state index contributed by atoms with van der Waals surface area (Å²) in [7, 11) is 0. The van der Waals surface area contributed by atoms with Crippen molar-refractivity contribution >= 4 is 0 Å². The first kappa shape index (κ1) is 13.2. The number of fused-ring (bicyclic) bond motifs is 5. The van der Waals surface area contributed by atoms with Crippen LogP contribution in [0.1, 0.15) is 94.9 Å². The lowest BCUT2D eigenvalue weighted by Gasteiger charge is -2.32. The molecule has 0 spiro atoms. The van der Waals surface area contributed by atoms with Gasteiger partial charge in [-0.2, -0.15) is 0 Å². The third-order valence-corrected chi connectivity index (χ3v) is 5.15. The van der Waals surface area contributed by atoms with E-state index in [2.05, 4.69) is 53.7 Å². The molecule has 0 heterocycles. The van der Waals surface area contributed by atoms with Gasteiger partial charge in [-0.15, -0.1) is 0 Å². The largest absolute Gasteiger partial charge is 0.0579 e. The quantitative estimate of drug-likeness (QED) is 0.563. The van der Waals surface area contributed by atoms with E-state index < -0.39 is 0 Å². The fourth-order valence-corrected chi connectivity index (χ4v) is 4.33. The van der Waals surface area contributed by atoms with Gasteiger partial charge in [0.2, 0.25) is 0 Å². The highest BCUT2D eigenvalue weighted by Gasteiger charge is 2.42. The zero-order valence-electron chi connectivity index (χ0n) is 13.4. The Balaban J connectivity index is 2.26. The second-order valence-corrected chi connectivity index (χ2v) is 8.69. The number of rotatable bonds is 0. The summed E-state index contributed by atoms with van der Waals surface area (Å²) in [6.45, 7) is 14.2. The van der Waals surface area contributed by atoms with Crippen LogP contribution in [0.25, 0.3) is 0 Å². The number of benzene rings is 1. The Morgan fingerprint density at radius 3 is 1.42 bits per heavy atom. The normalized spacial score (nSPS) is 25.8. The average molecular weight is 256 g/mol. The van der Waals surface area contributed by atoms with Crippen LogP contribution in [0.4, 0.5) is 0 Å². The molecule has 0 saturated heterocycles. The van der Waals surface area contributed by atoms with Crippen molar-refractivity contribution < 1.29 is 0 Å². The summed E-state index contributed by atoms with van der Waals surface area (Å²) < 4.78 is 0. The highest BCUT2D eigenvalue weighted by atomic mass is 14.5. The molecule has 0 heteroatoms. The van der Waals surface area contributed by atoms with E-state index in [0.29, 0.717) is 0 Å². The first-order valence-corrected chi connectivity index (χ1v) is 7.87. The second-order valence-electron chi connectivity index (χ2n) is 8.69. The van der Waals surface area contributed by atoms with E-state index in [0.717, 1.165) is 11.8 Å². The van der Waals surface area contributed by atoms with Gasteiger partial charge in [0.05, 0.1) is 0 Å². The van der Waals surface area contributed by atoms with Crippen LogP contribution in [0.3, 0.4) is 0 Å². The van der Waals surface area contributed by atoms with Crippen LogP contribution in [-0.2, 0) is 10.8 Å². The van der Waals surface area contributed by atoms with Crippen molar-refractivity contribution in [2.24, 2.45) is 0 Å². The van der Waals surface area contributed by atoms with Gasteiger partial charge in [0.15, 0.2) is 0 Å². The molecule has 0 aromatic heterocycles. The molecule has 0 nitrogen and oxygen atoms in total. The highest BCUT2D eigenvalue weighted by molar-refractivity contribution is 5.54. The van der Waals surface area contributed by atoms with Gasteiger partial charge >= 0.3 is 0 Å². The van der Waals surface area contributed by atoms with E-state index in [-0.39, 0.29) is 10.8 Å². The Kier molecular flexibility index (Phi) is 2.69. The Morgan fingerprint density at radius 2 is 1.11 bits per heavy atom. The number of hydrogen-bond acceptors (Lipinski definition) is 0. The maximum atomic E-state index is 2.43. The zero-order chi connectivity index (χ0) is 14.0. The van der Waals surface area contributed by atoms with Gasteiger partial charge in [-0.05, 0) is 64.2 Å². The van der Waals surface area contributed by atoms with E-state index in [1.807, 2.05) is 0 Å². The van der Waals surface area contributed by atoms with E-state index in [1.54, 1.807) is 22.3 Å². The van der Waals surface area contributed by atoms with Crippen LogP contribution in [0.5, 0.6) is 0 Å². The molecule has 0 aliphatic heterocycles. The van der Waals surface area contributed by atoms with Gasteiger partial charge in [-0.1, -0.05) is 53.7 Å². The Hall–Kier alpha value is -0.780. The van der Waals surface area contributed by atoms with Gasteiger partial charge in [0.1, 0.15) is 0 Å². The van der Waals surface area contributed by atoms with Crippen molar-refractivity contribution in [2.45, 2.75) is 83.5 Å². The number of hydrogen-bond donors (Lipinski definition) is 0. The summed E-state index contributed by atoms with van der Waals surface area (Å²) in [6, 6.07) is 4.86. The van der Waals surface area contributed by atoms with Crippen LogP contribution in [0, 0.1) is 0 Å². The Labute approximate surface area is 118 Å². The standard InChI is InChI=1S/C19H28/c1-18(2,3)14-9-10-15(19(4,5)6)17-13-8-7-12(11-13)16(14)17/h9-10,12-13H,7-8,11H2,1-6H3. The molecule has 0 N–H and O–H groups in total. The molecule has 0 radical (unpaired) electrons. The molecule has 1 saturated carbocycles. The van der Waals surface area contributed by atoms with E-state index >= 15 is 0 Å². The fraction of sp³-hybridized carbons (Fsp3) is 0.684. The molecule has 2 atom stereocenters. The zero-order valence-corrected chi connectivity index (χ0v) is 13.4. The molecule has 0 amide bonds. The minimum absolute atomic E-state index is 0.283. The van der Waals surface area contributed by atoms with Crippen LogP contribution in [-0.4, -0.2) is 0 Å². The van der Waals surface area contributed by atoms with Gasteiger partial charge in [0, 0.05) is 0 Å². The van der Waals surface area contributed by atoms with Gasteiger partial charge in [0.25, 0.3) is 0 Å². The van der Waals surface area contributed by atoms with Crippen molar-refractivity contribution in [1.29, 1.82) is 0 Å². The minimum Gasteiger partial charge on any atom is -0.0579 e. The monoisotopic (exact) mass is 256 g/mol.